The molecule has 0 aliphatic carbocycles. The molecule has 1 atom stereocenters. The van der Waals surface area contributed by atoms with Crippen molar-refractivity contribution in [3.8, 4) is 0 Å². The first-order valence-corrected chi connectivity index (χ1v) is 8.31. The van der Waals surface area contributed by atoms with E-state index in [2.05, 4.69) is 6.92 Å². The van der Waals surface area contributed by atoms with Gasteiger partial charge in [0.2, 0.25) is 5.91 Å². The van der Waals surface area contributed by atoms with Gasteiger partial charge >= 0.3 is 0 Å². The summed E-state index contributed by atoms with van der Waals surface area (Å²) in [5, 5.41) is 0. The Kier molecular flexibility index (Phi) is 6.52. The van der Waals surface area contributed by atoms with Crippen molar-refractivity contribution in [3.05, 3.63) is 35.9 Å². The lowest BCUT2D eigenvalue weighted by atomic mass is 9.94. The highest BCUT2D eigenvalue weighted by Crippen LogP contribution is 2.24. The van der Waals surface area contributed by atoms with Gasteiger partial charge in [0.1, 0.15) is 0 Å². The standard InChI is InChI=1S/C17H24ClNO2/c1-2-16(14-6-4-3-5-7-14)17(20)19-11-8-15(9-12-19)21-13-10-18/h3-7,15-16H,2,8-13H2,1H3. The van der Waals surface area contributed by atoms with Crippen LogP contribution in [0, 0.1) is 0 Å². The highest BCUT2D eigenvalue weighted by atomic mass is 35.5. The molecule has 1 aromatic carbocycles. The van der Waals surface area contributed by atoms with Crippen molar-refractivity contribution in [1.82, 2.24) is 4.90 Å². The molecule has 0 radical (unpaired) electrons. The van der Waals surface area contributed by atoms with Gasteiger partial charge in [-0.15, -0.1) is 11.6 Å². The molecule has 1 aliphatic rings. The molecule has 0 saturated carbocycles. The molecule has 3 nitrogen and oxygen atoms in total. The topological polar surface area (TPSA) is 29.5 Å². The number of piperidine rings is 1. The number of rotatable bonds is 6. The Bertz CT molecular complexity index is 430. The first-order valence-electron chi connectivity index (χ1n) is 7.77. The van der Waals surface area contributed by atoms with E-state index < -0.39 is 0 Å². The van der Waals surface area contributed by atoms with Gasteiger partial charge in [-0.1, -0.05) is 37.3 Å². The summed E-state index contributed by atoms with van der Waals surface area (Å²) in [5.74, 6) is 0.761. The van der Waals surface area contributed by atoms with Gasteiger partial charge < -0.3 is 9.64 Å². The van der Waals surface area contributed by atoms with E-state index in [1.165, 1.54) is 0 Å². The SMILES string of the molecule is CCC(C(=O)N1CCC(OCCCl)CC1)c1ccccc1. The zero-order valence-electron chi connectivity index (χ0n) is 12.6. The number of carbonyl (C=O) groups excluding carboxylic acids is 1. The monoisotopic (exact) mass is 309 g/mol. The molecule has 0 bridgehead atoms. The average molecular weight is 310 g/mol. The van der Waals surface area contributed by atoms with Gasteiger partial charge in [0.15, 0.2) is 0 Å². The maximum absolute atomic E-state index is 12.7. The third-order valence-corrected chi connectivity index (χ3v) is 4.25. The molecule has 1 saturated heterocycles. The Morgan fingerprint density at radius 1 is 1.33 bits per heavy atom. The number of benzene rings is 1. The first-order chi connectivity index (χ1) is 10.3. The normalized spacial score (nSPS) is 17.7. The number of halogens is 1. The van der Waals surface area contributed by atoms with Gasteiger partial charge in [-0.2, -0.15) is 0 Å². The first kappa shape index (κ1) is 16.3. The summed E-state index contributed by atoms with van der Waals surface area (Å²) in [7, 11) is 0. The number of ether oxygens (including phenoxy) is 1. The second kappa shape index (κ2) is 8.40. The van der Waals surface area contributed by atoms with Crippen LogP contribution in [0.15, 0.2) is 30.3 Å². The molecule has 21 heavy (non-hydrogen) atoms. The summed E-state index contributed by atoms with van der Waals surface area (Å²) in [4.78, 5) is 14.7. The molecule has 0 spiro atoms. The molecule has 1 aromatic rings. The van der Waals surface area contributed by atoms with E-state index in [4.69, 9.17) is 16.3 Å². The van der Waals surface area contributed by atoms with Crippen molar-refractivity contribution in [2.75, 3.05) is 25.6 Å². The molecule has 4 heteroatoms. The number of hydrogen-bond acceptors (Lipinski definition) is 2. The van der Waals surface area contributed by atoms with Crippen molar-refractivity contribution in [1.29, 1.82) is 0 Å². The highest BCUT2D eigenvalue weighted by Gasteiger charge is 2.28. The minimum Gasteiger partial charge on any atom is -0.377 e. The van der Waals surface area contributed by atoms with Crippen LogP contribution in [0.25, 0.3) is 0 Å². The Balaban J connectivity index is 1.91. The minimum absolute atomic E-state index is 0.0217. The van der Waals surface area contributed by atoms with Crippen LogP contribution in [0.1, 0.15) is 37.7 Å². The summed E-state index contributed by atoms with van der Waals surface area (Å²) >= 11 is 5.64. The van der Waals surface area contributed by atoms with Crippen molar-refractivity contribution in [3.63, 3.8) is 0 Å². The summed E-state index contributed by atoms with van der Waals surface area (Å²) in [5.41, 5.74) is 1.12. The van der Waals surface area contributed by atoms with E-state index in [-0.39, 0.29) is 17.9 Å². The number of alkyl halides is 1. The second-order valence-electron chi connectivity index (χ2n) is 5.46. The van der Waals surface area contributed by atoms with Gasteiger partial charge in [0.05, 0.1) is 18.6 Å². The Morgan fingerprint density at radius 3 is 2.57 bits per heavy atom. The number of hydrogen-bond donors (Lipinski definition) is 0. The molecular formula is C17H24ClNO2. The van der Waals surface area contributed by atoms with Crippen LogP contribution < -0.4 is 0 Å². The number of amides is 1. The lowest BCUT2D eigenvalue weighted by molar-refractivity contribution is -0.135. The maximum atomic E-state index is 12.7. The third kappa shape index (κ3) is 4.45. The fraction of sp³-hybridized carbons (Fsp3) is 0.588. The average Bonchev–Trinajstić information content (AvgIpc) is 2.55. The van der Waals surface area contributed by atoms with Crippen LogP contribution in [0.4, 0.5) is 0 Å². The molecule has 1 heterocycles. The third-order valence-electron chi connectivity index (χ3n) is 4.09. The minimum atomic E-state index is -0.0217. The zero-order chi connectivity index (χ0) is 15.1. The molecule has 1 fully saturated rings. The number of carbonyl (C=O) groups is 1. The maximum Gasteiger partial charge on any atom is 0.230 e. The highest BCUT2D eigenvalue weighted by molar-refractivity contribution is 6.17. The molecule has 0 aromatic heterocycles. The van der Waals surface area contributed by atoms with Crippen molar-refractivity contribution in [2.24, 2.45) is 0 Å². The smallest absolute Gasteiger partial charge is 0.230 e. The van der Waals surface area contributed by atoms with E-state index in [1.807, 2.05) is 35.2 Å². The Labute approximate surface area is 132 Å². The molecule has 2 rings (SSSR count). The van der Waals surface area contributed by atoms with Crippen LogP contribution in [0.2, 0.25) is 0 Å². The largest absolute Gasteiger partial charge is 0.377 e. The molecule has 0 N–H and O–H groups in total. The Hall–Kier alpha value is -1.06. The molecular weight excluding hydrogens is 286 g/mol. The lowest BCUT2D eigenvalue weighted by Crippen LogP contribution is -2.43. The van der Waals surface area contributed by atoms with Crippen LogP contribution >= 0.6 is 11.6 Å². The number of nitrogens with zero attached hydrogens (tertiary/aromatic N) is 1. The van der Waals surface area contributed by atoms with Crippen molar-refractivity contribution < 1.29 is 9.53 Å². The quantitative estimate of drug-likeness (QED) is 0.754. The van der Waals surface area contributed by atoms with E-state index in [1.54, 1.807) is 0 Å². The summed E-state index contributed by atoms with van der Waals surface area (Å²) in [6, 6.07) is 10.1. The fourth-order valence-corrected chi connectivity index (χ4v) is 3.00. The summed E-state index contributed by atoms with van der Waals surface area (Å²) in [6.07, 6.45) is 2.91. The van der Waals surface area contributed by atoms with E-state index in [9.17, 15) is 4.79 Å². The fourth-order valence-electron chi connectivity index (χ4n) is 2.91. The molecule has 1 aliphatic heterocycles. The second-order valence-corrected chi connectivity index (χ2v) is 5.83. The summed E-state index contributed by atoms with van der Waals surface area (Å²) < 4.78 is 5.66. The van der Waals surface area contributed by atoms with Crippen LogP contribution in [-0.4, -0.2) is 42.5 Å². The van der Waals surface area contributed by atoms with Gasteiger partial charge in [-0.05, 0) is 24.8 Å². The van der Waals surface area contributed by atoms with E-state index >= 15 is 0 Å². The van der Waals surface area contributed by atoms with Gasteiger partial charge in [-0.25, -0.2) is 0 Å². The van der Waals surface area contributed by atoms with E-state index in [0.29, 0.717) is 12.5 Å². The van der Waals surface area contributed by atoms with Gasteiger partial charge in [-0.3, -0.25) is 4.79 Å². The van der Waals surface area contributed by atoms with Gasteiger partial charge in [0, 0.05) is 19.0 Å². The van der Waals surface area contributed by atoms with Crippen molar-refractivity contribution >= 4 is 17.5 Å². The summed E-state index contributed by atoms with van der Waals surface area (Å²) in [6.45, 7) is 4.25. The molecule has 1 amide bonds. The molecule has 1 unspecified atom stereocenters. The molecule has 116 valence electrons. The van der Waals surface area contributed by atoms with Gasteiger partial charge in [0.25, 0.3) is 0 Å². The van der Waals surface area contributed by atoms with Crippen LogP contribution in [0.5, 0.6) is 0 Å². The van der Waals surface area contributed by atoms with Crippen molar-refractivity contribution in [2.45, 2.75) is 38.2 Å². The van der Waals surface area contributed by atoms with E-state index in [0.717, 1.165) is 37.9 Å². The zero-order valence-corrected chi connectivity index (χ0v) is 13.4. The predicted molar refractivity (Wildman–Crippen MR) is 85.7 cm³/mol. The Morgan fingerprint density at radius 2 is 2.00 bits per heavy atom. The van der Waals surface area contributed by atoms with Crippen LogP contribution in [-0.2, 0) is 9.53 Å². The number of likely N-dealkylation sites (tertiary alicyclic amines) is 1. The predicted octanol–water partition coefficient (Wildman–Crippen LogP) is 3.43. The lowest BCUT2D eigenvalue weighted by Gasteiger charge is -2.34. The van der Waals surface area contributed by atoms with Crippen LogP contribution in [0.3, 0.4) is 0 Å².